The molecule has 1 atom stereocenters. The smallest absolute Gasteiger partial charge is 0.228 e. The van der Waals surface area contributed by atoms with Gasteiger partial charge in [0.05, 0.1) is 4.47 Å². The molecule has 0 radical (unpaired) electrons. The van der Waals surface area contributed by atoms with Gasteiger partial charge >= 0.3 is 0 Å². The molecule has 0 aliphatic carbocycles. The fourth-order valence-electron chi connectivity index (χ4n) is 1.68. The highest BCUT2D eigenvalue weighted by molar-refractivity contribution is 9.10. The maximum atomic E-state index is 11.7. The first kappa shape index (κ1) is 10.6. The zero-order valence-corrected chi connectivity index (χ0v) is 9.64. The third-order valence-electron chi connectivity index (χ3n) is 2.46. The molecule has 0 spiro atoms. The standard InChI is InChI=1S/C10H11BrN2O2/c11-8-2-1-3-12-10(8)13-5-7(6-14)4-9(13)15/h1-3,7,14H,4-6H2. The fourth-order valence-corrected chi connectivity index (χ4v) is 2.15. The maximum absolute atomic E-state index is 11.7. The Labute approximate surface area is 96.1 Å². The van der Waals surface area contributed by atoms with E-state index < -0.39 is 0 Å². The molecule has 1 aliphatic heterocycles. The van der Waals surface area contributed by atoms with E-state index >= 15 is 0 Å². The predicted molar refractivity (Wildman–Crippen MR) is 59.5 cm³/mol. The number of hydrogen-bond acceptors (Lipinski definition) is 3. The van der Waals surface area contributed by atoms with Crippen LogP contribution in [0.25, 0.3) is 0 Å². The number of carbonyl (C=O) groups is 1. The fraction of sp³-hybridized carbons (Fsp3) is 0.400. The largest absolute Gasteiger partial charge is 0.396 e. The monoisotopic (exact) mass is 270 g/mol. The third-order valence-corrected chi connectivity index (χ3v) is 3.08. The van der Waals surface area contributed by atoms with Gasteiger partial charge in [0.1, 0.15) is 5.82 Å². The van der Waals surface area contributed by atoms with Crippen molar-refractivity contribution in [2.75, 3.05) is 18.1 Å². The molecule has 1 amide bonds. The van der Waals surface area contributed by atoms with Gasteiger partial charge in [0.25, 0.3) is 0 Å². The van der Waals surface area contributed by atoms with E-state index in [1.54, 1.807) is 17.2 Å². The summed E-state index contributed by atoms with van der Waals surface area (Å²) in [6, 6.07) is 3.65. The number of carbonyl (C=O) groups excluding carboxylic acids is 1. The topological polar surface area (TPSA) is 53.4 Å². The highest BCUT2D eigenvalue weighted by Gasteiger charge is 2.31. The number of pyridine rings is 1. The van der Waals surface area contributed by atoms with Gasteiger partial charge < -0.3 is 5.11 Å². The zero-order valence-electron chi connectivity index (χ0n) is 8.06. The van der Waals surface area contributed by atoms with Crippen LogP contribution in [0.3, 0.4) is 0 Å². The van der Waals surface area contributed by atoms with Crippen molar-refractivity contribution in [3.05, 3.63) is 22.8 Å². The number of aromatic nitrogens is 1. The van der Waals surface area contributed by atoms with Gasteiger partial charge in [0, 0.05) is 31.7 Å². The van der Waals surface area contributed by atoms with E-state index in [0.717, 1.165) is 4.47 Å². The summed E-state index contributed by atoms with van der Waals surface area (Å²) in [5.41, 5.74) is 0. The number of aliphatic hydroxyl groups is 1. The SMILES string of the molecule is O=C1CC(CO)CN1c1ncccc1Br. The Morgan fingerprint density at radius 1 is 1.67 bits per heavy atom. The molecular weight excluding hydrogens is 260 g/mol. The van der Waals surface area contributed by atoms with Gasteiger partial charge in [-0.2, -0.15) is 0 Å². The first-order valence-electron chi connectivity index (χ1n) is 4.74. The van der Waals surface area contributed by atoms with Crippen LogP contribution in [0.2, 0.25) is 0 Å². The highest BCUT2D eigenvalue weighted by atomic mass is 79.9. The second-order valence-corrected chi connectivity index (χ2v) is 4.42. The van der Waals surface area contributed by atoms with E-state index in [-0.39, 0.29) is 18.4 Å². The van der Waals surface area contributed by atoms with Crippen molar-refractivity contribution in [3.63, 3.8) is 0 Å². The Kier molecular flexibility index (Phi) is 3.02. The molecule has 1 saturated heterocycles. The summed E-state index contributed by atoms with van der Waals surface area (Å²) in [7, 11) is 0. The van der Waals surface area contributed by atoms with Crippen molar-refractivity contribution in [2.24, 2.45) is 5.92 Å². The normalized spacial score (nSPS) is 21.1. The van der Waals surface area contributed by atoms with Crippen LogP contribution in [-0.4, -0.2) is 29.1 Å². The molecule has 1 unspecified atom stereocenters. The third kappa shape index (κ3) is 2.03. The Hall–Kier alpha value is -0.940. The average molecular weight is 271 g/mol. The summed E-state index contributed by atoms with van der Waals surface area (Å²) in [6.45, 7) is 0.595. The van der Waals surface area contributed by atoms with E-state index in [9.17, 15) is 4.79 Å². The molecule has 0 bridgehead atoms. The van der Waals surface area contributed by atoms with Crippen LogP contribution in [-0.2, 0) is 4.79 Å². The molecule has 2 rings (SSSR count). The minimum absolute atomic E-state index is 0.0217. The Balaban J connectivity index is 2.25. The van der Waals surface area contributed by atoms with E-state index in [1.165, 1.54) is 0 Å². The minimum atomic E-state index is 0.0217. The van der Waals surface area contributed by atoms with E-state index in [1.807, 2.05) is 6.07 Å². The second kappa shape index (κ2) is 4.28. The minimum Gasteiger partial charge on any atom is -0.396 e. The first-order valence-corrected chi connectivity index (χ1v) is 5.53. The molecule has 1 aromatic rings. The van der Waals surface area contributed by atoms with Crippen LogP contribution in [0.1, 0.15) is 6.42 Å². The van der Waals surface area contributed by atoms with Gasteiger partial charge in [-0.1, -0.05) is 0 Å². The molecule has 80 valence electrons. The molecule has 4 nitrogen and oxygen atoms in total. The molecule has 2 heterocycles. The van der Waals surface area contributed by atoms with Gasteiger partial charge in [-0.25, -0.2) is 4.98 Å². The number of anilines is 1. The first-order chi connectivity index (χ1) is 7.22. The van der Waals surface area contributed by atoms with Crippen LogP contribution in [0, 0.1) is 5.92 Å². The second-order valence-electron chi connectivity index (χ2n) is 3.57. The molecule has 5 heteroatoms. The van der Waals surface area contributed by atoms with Gasteiger partial charge in [-0.05, 0) is 28.1 Å². The van der Waals surface area contributed by atoms with E-state index in [0.29, 0.717) is 18.8 Å². The van der Waals surface area contributed by atoms with Crippen LogP contribution in [0.4, 0.5) is 5.82 Å². The summed E-state index contributed by atoms with van der Waals surface area (Å²) in [5, 5.41) is 9.01. The molecule has 0 aromatic carbocycles. The molecular formula is C10H11BrN2O2. The molecule has 1 aliphatic rings. The number of hydrogen-bond donors (Lipinski definition) is 1. The molecule has 15 heavy (non-hydrogen) atoms. The summed E-state index contributed by atoms with van der Waals surface area (Å²) in [4.78, 5) is 17.4. The molecule has 1 fully saturated rings. The lowest BCUT2D eigenvalue weighted by Gasteiger charge is -2.16. The number of amides is 1. The predicted octanol–water partition coefficient (Wildman–Crippen LogP) is 1.19. The van der Waals surface area contributed by atoms with Gasteiger partial charge in [0.2, 0.25) is 5.91 Å². The van der Waals surface area contributed by atoms with Crippen molar-refractivity contribution in [2.45, 2.75) is 6.42 Å². The number of aliphatic hydroxyl groups excluding tert-OH is 1. The molecule has 1 N–H and O–H groups in total. The number of rotatable bonds is 2. The lowest BCUT2D eigenvalue weighted by Crippen LogP contribution is -2.26. The van der Waals surface area contributed by atoms with Gasteiger partial charge in [0.15, 0.2) is 0 Å². The Morgan fingerprint density at radius 2 is 2.47 bits per heavy atom. The number of halogens is 1. The van der Waals surface area contributed by atoms with Crippen LogP contribution < -0.4 is 4.90 Å². The van der Waals surface area contributed by atoms with Crippen LogP contribution in [0.15, 0.2) is 22.8 Å². The van der Waals surface area contributed by atoms with Crippen molar-refractivity contribution in [1.82, 2.24) is 4.98 Å². The maximum Gasteiger partial charge on any atom is 0.228 e. The zero-order chi connectivity index (χ0) is 10.8. The van der Waals surface area contributed by atoms with Crippen molar-refractivity contribution in [3.8, 4) is 0 Å². The highest BCUT2D eigenvalue weighted by Crippen LogP contribution is 2.28. The molecule has 1 aromatic heterocycles. The lowest BCUT2D eigenvalue weighted by atomic mass is 10.1. The summed E-state index contributed by atoms with van der Waals surface area (Å²) >= 11 is 3.36. The van der Waals surface area contributed by atoms with Crippen LogP contribution >= 0.6 is 15.9 Å². The average Bonchev–Trinajstić information content (AvgIpc) is 2.60. The molecule has 0 saturated carbocycles. The van der Waals surface area contributed by atoms with Gasteiger partial charge in [-0.3, -0.25) is 9.69 Å². The van der Waals surface area contributed by atoms with E-state index in [2.05, 4.69) is 20.9 Å². The van der Waals surface area contributed by atoms with E-state index in [4.69, 9.17) is 5.11 Å². The lowest BCUT2D eigenvalue weighted by molar-refractivity contribution is -0.117. The summed E-state index contributed by atoms with van der Waals surface area (Å²) < 4.78 is 0.803. The Morgan fingerprint density at radius 3 is 3.07 bits per heavy atom. The summed E-state index contributed by atoms with van der Waals surface area (Å²) in [6.07, 6.45) is 2.05. The van der Waals surface area contributed by atoms with Crippen molar-refractivity contribution >= 4 is 27.7 Å². The van der Waals surface area contributed by atoms with Crippen molar-refractivity contribution in [1.29, 1.82) is 0 Å². The Bertz CT molecular complexity index is 383. The number of nitrogens with zero attached hydrogens (tertiary/aromatic N) is 2. The van der Waals surface area contributed by atoms with Gasteiger partial charge in [-0.15, -0.1) is 0 Å². The summed E-state index contributed by atoms with van der Waals surface area (Å²) in [5.74, 6) is 0.693. The quantitative estimate of drug-likeness (QED) is 0.879. The van der Waals surface area contributed by atoms with Crippen molar-refractivity contribution < 1.29 is 9.90 Å². The van der Waals surface area contributed by atoms with Crippen LogP contribution in [0.5, 0.6) is 0 Å².